The fourth-order valence-electron chi connectivity index (χ4n) is 6.97. The van der Waals surface area contributed by atoms with Crippen molar-refractivity contribution in [2.45, 2.75) is 24.7 Å². The van der Waals surface area contributed by atoms with Gasteiger partial charge in [-0.1, -0.05) is 91.0 Å². The lowest BCUT2D eigenvalue weighted by Gasteiger charge is -2.56. The van der Waals surface area contributed by atoms with Gasteiger partial charge in [0.25, 0.3) is 0 Å². The second kappa shape index (κ2) is 8.61. The molecular weight excluding hydrogens is 504 g/mol. The molecule has 6 heteroatoms. The molecule has 0 saturated carbocycles. The molecule has 3 aliphatic rings. The third-order valence-corrected chi connectivity index (χ3v) is 9.46. The summed E-state index contributed by atoms with van der Waals surface area (Å²) in [6.07, 6.45) is 0.490. The van der Waals surface area contributed by atoms with Crippen LogP contribution in [0.25, 0.3) is 22.0 Å². The zero-order valence-electron chi connectivity index (χ0n) is 21.6. The molecule has 39 heavy (non-hydrogen) atoms. The van der Waals surface area contributed by atoms with E-state index in [9.17, 15) is 9.59 Å². The number of fused-ring (bicyclic) bond motifs is 2. The zero-order valence-corrected chi connectivity index (χ0v) is 22.4. The summed E-state index contributed by atoms with van der Waals surface area (Å²) in [6.45, 7) is 1.90. The summed E-state index contributed by atoms with van der Waals surface area (Å²) >= 11 is 1.39. The number of hydrogen-bond donors (Lipinski definition) is 1. The van der Waals surface area contributed by atoms with Crippen molar-refractivity contribution in [2.75, 3.05) is 12.4 Å². The number of esters is 1. The SMILES string of the molecule is COC(=O)C12c3ccccc3C(CC1(C)C(=O)Nc1nc(-c3cccc4ccccc34)cs1)c1ccccc12. The molecule has 0 radical (unpaired) electrons. The van der Waals surface area contributed by atoms with Gasteiger partial charge in [0.2, 0.25) is 5.91 Å². The molecule has 8 rings (SSSR count). The van der Waals surface area contributed by atoms with Gasteiger partial charge in [0, 0.05) is 16.9 Å². The summed E-state index contributed by atoms with van der Waals surface area (Å²) in [5, 5.41) is 7.82. The van der Waals surface area contributed by atoms with Crippen LogP contribution in [-0.4, -0.2) is 24.0 Å². The maximum absolute atomic E-state index is 14.3. The summed E-state index contributed by atoms with van der Waals surface area (Å²) in [4.78, 5) is 33.1. The van der Waals surface area contributed by atoms with Crippen molar-refractivity contribution in [1.29, 1.82) is 0 Å². The van der Waals surface area contributed by atoms with Crippen LogP contribution < -0.4 is 5.32 Å². The van der Waals surface area contributed by atoms with Crippen molar-refractivity contribution in [2.24, 2.45) is 5.41 Å². The number of rotatable bonds is 4. The Morgan fingerprint density at radius 1 is 0.897 bits per heavy atom. The molecule has 3 aliphatic carbocycles. The average Bonchev–Trinajstić information content (AvgIpc) is 3.45. The minimum atomic E-state index is -1.27. The summed E-state index contributed by atoms with van der Waals surface area (Å²) in [5.41, 5.74) is 3.31. The highest BCUT2D eigenvalue weighted by Crippen LogP contribution is 2.65. The molecule has 2 bridgehead atoms. The van der Waals surface area contributed by atoms with Crippen molar-refractivity contribution in [3.05, 3.63) is 119 Å². The first kappa shape index (κ1) is 23.8. The third-order valence-electron chi connectivity index (χ3n) is 8.70. The molecular formula is C33H26N2O3S. The van der Waals surface area contributed by atoms with Gasteiger partial charge in [-0.05, 0) is 46.4 Å². The first-order chi connectivity index (χ1) is 19.0. The van der Waals surface area contributed by atoms with Crippen LogP contribution in [0.2, 0.25) is 0 Å². The molecule has 4 aromatic carbocycles. The molecule has 1 unspecified atom stereocenters. The van der Waals surface area contributed by atoms with Crippen LogP contribution in [-0.2, 0) is 19.7 Å². The number of methoxy groups -OCH3 is 1. The third kappa shape index (κ3) is 3.15. The minimum absolute atomic E-state index is 0.00206. The summed E-state index contributed by atoms with van der Waals surface area (Å²) in [5.74, 6) is -0.656. The highest BCUT2D eigenvalue weighted by molar-refractivity contribution is 7.14. The number of anilines is 1. The highest BCUT2D eigenvalue weighted by Gasteiger charge is 2.68. The number of carbonyl (C=O) groups excluding carboxylic acids is 2. The van der Waals surface area contributed by atoms with Crippen LogP contribution >= 0.6 is 11.3 Å². The number of nitrogens with one attached hydrogen (secondary N) is 1. The molecule has 1 N–H and O–H groups in total. The number of carbonyl (C=O) groups is 2. The molecule has 1 amide bonds. The van der Waals surface area contributed by atoms with E-state index in [2.05, 4.69) is 35.6 Å². The van der Waals surface area contributed by atoms with Crippen molar-refractivity contribution in [1.82, 2.24) is 4.98 Å². The number of benzene rings is 4. The van der Waals surface area contributed by atoms with E-state index < -0.39 is 16.8 Å². The maximum Gasteiger partial charge on any atom is 0.321 e. The Kier molecular flexibility index (Phi) is 5.26. The van der Waals surface area contributed by atoms with E-state index >= 15 is 0 Å². The van der Waals surface area contributed by atoms with Crippen molar-refractivity contribution < 1.29 is 14.3 Å². The first-order valence-electron chi connectivity index (χ1n) is 13.0. The van der Waals surface area contributed by atoms with Crippen LogP contribution in [0.15, 0.2) is 96.4 Å². The Hall–Kier alpha value is -4.29. The number of aromatic nitrogens is 1. The van der Waals surface area contributed by atoms with Gasteiger partial charge in [-0.25, -0.2) is 4.98 Å². The Bertz CT molecular complexity index is 1740. The monoisotopic (exact) mass is 530 g/mol. The minimum Gasteiger partial charge on any atom is -0.468 e. The Balaban J connectivity index is 1.33. The summed E-state index contributed by atoms with van der Waals surface area (Å²) < 4.78 is 5.49. The predicted molar refractivity (Wildman–Crippen MR) is 154 cm³/mol. The molecule has 0 saturated heterocycles. The molecule has 192 valence electrons. The van der Waals surface area contributed by atoms with Crippen molar-refractivity contribution >= 4 is 39.1 Å². The van der Waals surface area contributed by atoms with Gasteiger partial charge in [0.15, 0.2) is 5.13 Å². The van der Waals surface area contributed by atoms with Gasteiger partial charge in [-0.3, -0.25) is 9.59 Å². The molecule has 0 spiro atoms. The van der Waals surface area contributed by atoms with Gasteiger partial charge in [-0.15, -0.1) is 11.3 Å². The topological polar surface area (TPSA) is 68.3 Å². The van der Waals surface area contributed by atoms with Crippen LogP contribution in [0.4, 0.5) is 5.13 Å². The van der Waals surface area contributed by atoms with Gasteiger partial charge >= 0.3 is 5.97 Å². The van der Waals surface area contributed by atoms with E-state index in [0.717, 1.165) is 44.3 Å². The molecule has 5 nitrogen and oxygen atoms in total. The van der Waals surface area contributed by atoms with E-state index in [-0.39, 0.29) is 11.8 Å². The fraction of sp³-hybridized carbons (Fsp3) is 0.182. The summed E-state index contributed by atoms with van der Waals surface area (Å²) in [6, 6.07) is 30.3. The van der Waals surface area contributed by atoms with E-state index in [1.807, 2.05) is 73.0 Å². The second-order valence-corrected chi connectivity index (χ2v) is 11.4. The molecule has 1 atom stereocenters. The van der Waals surface area contributed by atoms with Crippen molar-refractivity contribution in [3.8, 4) is 11.3 Å². The number of thiazole rings is 1. The van der Waals surface area contributed by atoms with Crippen LogP contribution in [0, 0.1) is 5.41 Å². The first-order valence-corrected chi connectivity index (χ1v) is 13.9. The fourth-order valence-corrected chi connectivity index (χ4v) is 7.68. The lowest BCUT2D eigenvalue weighted by atomic mass is 9.44. The van der Waals surface area contributed by atoms with Gasteiger partial charge in [-0.2, -0.15) is 0 Å². The smallest absolute Gasteiger partial charge is 0.321 e. The lowest BCUT2D eigenvalue weighted by molar-refractivity contribution is -0.156. The van der Waals surface area contributed by atoms with Gasteiger partial charge in [0.05, 0.1) is 18.2 Å². The largest absolute Gasteiger partial charge is 0.468 e. The number of ether oxygens (including phenoxy) is 1. The quantitative estimate of drug-likeness (QED) is 0.256. The molecule has 1 aromatic heterocycles. The Labute approximate surface area is 230 Å². The number of amides is 1. The van der Waals surface area contributed by atoms with E-state index in [1.54, 1.807) is 0 Å². The van der Waals surface area contributed by atoms with E-state index in [1.165, 1.54) is 18.4 Å². The number of hydrogen-bond acceptors (Lipinski definition) is 5. The van der Waals surface area contributed by atoms with E-state index in [4.69, 9.17) is 9.72 Å². The second-order valence-electron chi connectivity index (χ2n) is 10.5. The Morgan fingerprint density at radius 3 is 2.26 bits per heavy atom. The molecule has 5 aromatic rings. The average molecular weight is 531 g/mol. The van der Waals surface area contributed by atoms with Crippen LogP contribution in [0.5, 0.6) is 0 Å². The van der Waals surface area contributed by atoms with Crippen molar-refractivity contribution in [3.63, 3.8) is 0 Å². The Morgan fingerprint density at radius 2 is 1.54 bits per heavy atom. The van der Waals surface area contributed by atoms with Crippen LogP contribution in [0.3, 0.4) is 0 Å². The highest BCUT2D eigenvalue weighted by atomic mass is 32.1. The predicted octanol–water partition coefficient (Wildman–Crippen LogP) is 6.92. The standard InChI is InChI=1S/C33H26N2O3S/c1-32(29(36)35-31-34-28(19-39-31)24-15-9-11-20-10-3-4-12-21(20)24)18-25-22-13-5-7-16-26(22)33(32,30(37)38-2)27-17-8-6-14-23(25)27/h3-17,19,25H,18H2,1-2H3,(H,34,35,36). The molecule has 0 fully saturated rings. The van der Waals surface area contributed by atoms with Gasteiger partial charge < -0.3 is 10.1 Å². The normalized spacial score (nSPS) is 22.7. The van der Waals surface area contributed by atoms with Gasteiger partial charge in [0.1, 0.15) is 5.41 Å². The molecule has 0 aliphatic heterocycles. The maximum atomic E-state index is 14.3. The molecule has 1 heterocycles. The lowest BCUT2D eigenvalue weighted by Crippen LogP contribution is -2.62. The summed E-state index contributed by atoms with van der Waals surface area (Å²) in [7, 11) is 1.40. The zero-order chi connectivity index (χ0) is 26.8. The van der Waals surface area contributed by atoms with Crippen LogP contribution in [0.1, 0.15) is 41.5 Å². The number of nitrogens with zero attached hydrogens (tertiary/aromatic N) is 1. The van der Waals surface area contributed by atoms with E-state index in [0.29, 0.717) is 11.6 Å².